The molecule has 1 N–H and O–H groups in total. The van der Waals surface area contributed by atoms with Gasteiger partial charge in [0.25, 0.3) is 0 Å². The Labute approximate surface area is 134 Å². The highest BCUT2D eigenvalue weighted by atomic mass is 16.6. The van der Waals surface area contributed by atoms with Crippen molar-refractivity contribution in [3.63, 3.8) is 0 Å². The van der Waals surface area contributed by atoms with Crippen LogP contribution in [0.15, 0.2) is 54.6 Å². The van der Waals surface area contributed by atoms with Crippen LogP contribution in [0.2, 0.25) is 0 Å². The van der Waals surface area contributed by atoms with Crippen LogP contribution in [-0.2, 0) is 11.2 Å². The van der Waals surface area contributed by atoms with Crippen molar-refractivity contribution in [2.24, 2.45) is 5.92 Å². The van der Waals surface area contributed by atoms with Crippen LogP contribution in [0.3, 0.4) is 0 Å². The molecule has 2 aromatic rings. The van der Waals surface area contributed by atoms with E-state index >= 15 is 0 Å². The number of carboxylic acids is 1. The zero-order valence-corrected chi connectivity index (χ0v) is 12.9. The molecule has 2 atom stereocenters. The predicted octanol–water partition coefficient (Wildman–Crippen LogP) is 3.65. The molecule has 0 heterocycles. The Morgan fingerprint density at radius 3 is 2.17 bits per heavy atom. The third kappa shape index (κ3) is 4.64. The molecule has 120 valence electrons. The quantitative estimate of drug-likeness (QED) is 0.625. The molecular weight excluding hydrogens is 294 g/mol. The third-order valence-electron chi connectivity index (χ3n) is 3.88. The van der Waals surface area contributed by atoms with Crippen LogP contribution in [0, 0.1) is 16.0 Å². The van der Waals surface area contributed by atoms with Gasteiger partial charge in [-0.3, -0.25) is 14.9 Å². The molecule has 0 aliphatic carbocycles. The summed E-state index contributed by atoms with van der Waals surface area (Å²) in [4.78, 5) is 21.7. The molecule has 2 unspecified atom stereocenters. The molecule has 0 amide bonds. The van der Waals surface area contributed by atoms with Crippen LogP contribution in [0.5, 0.6) is 0 Å². The molecule has 0 fully saturated rings. The molecule has 0 radical (unpaired) electrons. The van der Waals surface area contributed by atoms with Crippen molar-refractivity contribution < 1.29 is 14.8 Å². The van der Waals surface area contributed by atoms with Crippen molar-refractivity contribution in [2.75, 3.05) is 0 Å². The number of nitrogens with zero attached hydrogens (tertiary/aromatic N) is 1. The van der Waals surface area contributed by atoms with Gasteiger partial charge in [-0.25, -0.2) is 0 Å². The molecule has 0 saturated carbocycles. The third-order valence-corrected chi connectivity index (χ3v) is 3.88. The fourth-order valence-electron chi connectivity index (χ4n) is 2.49. The lowest BCUT2D eigenvalue weighted by molar-refractivity contribution is -0.524. The number of carboxylic acid groups (broad SMARTS) is 1. The van der Waals surface area contributed by atoms with Gasteiger partial charge in [0.2, 0.25) is 6.04 Å². The van der Waals surface area contributed by atoms with Gasteiger partial charge in [0.15, 0.2) is 0 Å². The Morgan fingerprint density at radius 1 is 1.09 bits per heavy atom. The van der Waals surface area contributed by atoms with Crippen LogP contribution in [-0.4, -0.2) is 22.0 Å². The second-order valence-corrected chi connectivity index (χ2v) is 5.68. The number of carbonyl (C=O) groups is 1. The molecule has 2 rings (SSSR count). The van der Waals surface area contributed by atoms with Crippen LogP contribution < -0.4 is 0 Å². The Kier molecular flexibility index (Phi) is 5.46. The molecular formula is C18H19NO4. The topological polar surface area (TPSA) is 80.4 Å². The number of rotatable bonds is 7. The van der Waals surface area contributed by atoms with Gasteiger partial charge in [0, 0.05) is 17.8 Å². The highest BCUT2D eigenvalue weighted by Gasteiger charge is 2.26. The van der Waals surface area contributed by atoms with Gasteiger partial charge in [-0.05, 0) is 16.7 Å². The summed E-state index contributed by atoms with van der Waals surface area (Å²) in [6.07, 6.45) is 0.266. The summed E-state index contributed by atoms with van der Waals surface area (Å²) in [6.45, 7) is 1.50. The Morgan fingerprint density at radius 2 is 1.65 bits per heavy atom. The molecule has 0 aromatic heterocycles. The highest BCUT2D eigenvalue weighted by molar-refractivity contribution is 5.69. The van der Waals surface area contributed by atoms with E-state index in [0.717, 1.165) is 16.7 Å². The summed E-state index contributed by atoms with van der Waals surface area (Å²) in [5.74, 6) is -1.73. The normalized spacial score (nSPS) is 13.3. The van der Waals surface area contributed by atoms with Gasteiger partial charge in [-0.15, -0.1) is 0 Å². The lowest BCUT2D eigenvalue weighted by atomic mass is 9.95. The Bertz CT molecular complexity index is 667. The number of hydrogen-bond acceptors (Lipinski definition) is 3. The van der Waals surface area contributed by atoms with Crippen molar-refractivity contribution in [1.29, 1.82) is 0 Å². The van der Waals surface area contributed by atoms with E-state index in [1.165, 1.54) is 6.92 Å². The molecule has 23 heavy (non-hydrogen) atoms. The van der Waals surface area contributed by atoms with E-state index in [9.17, 15) is 14.9 Å². The summed E-state index contributed by atoms with van der Waals surface area (Å²) in [5, 5.41) is 20.1. The zero-order chi connectivity index (χ0) is 16.8. The zero-order valence-electron chi connectivity index (χ0n) is 12.9. The maximum absolute atomic E-state index is 11.2. The first-order valence-electron chi connectivity index (χ1n) is 7.48. The molecule has 5 nitrogen and oxygen atoms in total. The molecule has 0 saturated heterocycles. The van der Waals surface area contributed by atoms with E-state index in [4.69, 9.17) is 5.11 Å². The summed E-state index contributed by atoms with van der Waals surface area (Å²) in [7, 11) is 0. The fourth-order valence-corrected chi connectivity index (χ4v) is 2.49. The predicted molar refractivity (Wildman–Crippen MR) is 87.8 cm³/mol. The van der Waals surface area contributed by atoms with Gasteiger partial charge in [-0.1, -0.05) is 61.5 Å². The van der Waals surface area contributed by atoms with Crippen LogP contribution >= 0.6 is 0 Å². The van der Waals surface area contributed by atoms with E-state index in [1.54, 1.807) is 0 Å². The molecule has 0 spiro atoms. The van der Waals surface area contributed by atoms with Crippen LogP contribution in [0.1, 0.15) is 18.9 Å². The minimum Gasteiger partial charge on any atom is -0.481 e. The molecule has 0 aliphatic rings. The number of benzene rings is 2. The van der Waals surface area contributed by atoms with Gasteiger partial charge in [0.05, 0.1) is 5.92 Å². The summed E-state index contributed by atoms with van der Waals surface area (Å²) < 4.78 is 0. The number of hydrogen-bond donors (Lipinski definition) is 1. The van der Waals surface area contributed by atoms with Crippen molar-refractivity contribution >= 4 is 5.97 Å². The second-order valence-electron chi connectivity index (χ2n) is 5.68. The Balaban J connectivity index is 2.09. The maximum Gasteiger partial charge on any atom is 0.306 e. The summed E-state index contributed by atoms with van der Waals surface area (Å²) in [5.41, 5.74) is 2.97. The minimum atomic E-state index is -1.00. The van der Waals surface area contributed by atoms with Gasteiger partial charge in [-0.2, -0.15) is 0 Å². The number of aliphatic carboxylic acids is 1. The lowest BCUT2D eigenvalue weighted by Crippen LogP contribution is -2.27. The van der Waals surface area contributed by atoms with E-state index in [1.807, 2.05) is 54.6 Å². The molecule has 5 heteroatoms. The molecule has 0 bridgehead atoms. The van der Waals surface area contributed by atoms with Crippen LogP contribution in [0.25, 0.3) is 11.1 Å². The largest absolute Gasteiger partial charge is 0.481 e. The van der Waals surface area contributed by atoms with Gasteiger partial charge >= 0.3 is 5.97 Å². The average molecular weight is 313 g/mol. The lowest BCUT2D eigenvalue weighted by Gasteiger charge is -2.12. The van der Waals surface area contributed by atoms with Crippen LogP contribution in [0.4, 0.5) is 0 Å². The van der Waals surface area contributed by atoms with Crippen molar-refractivity contribution in [3.8, 4) is 11.1 Å². The molecule has 0 aliphatic heterocycles. The first-order valence-corrected chi connectivity index (χ1v) is 7.48. The summed E-state index contributed by atoms with van der Waals surface area (Å²) in [6, 6.07) is 16.6. The van der Waals surface area contributed by atoms with Gasteiger partial charge < -0.3 is 5.11 Å². The standard InChI is InChI=1S/C18H19NO4/c1-13(18(20)21)11-17(19(22)23)12-14-7-9-16(10-8-14)15-5-3-2-4-6-15/h2-10,13,17H,11-12H2,1H3,(H,20,21). The SMILES string of the molecule is CC(CC(Cc1ccc(-c2ccccc2)cc1)[N+](=O)[O-])C(=O)O. The van der Waals surface area contributed by atoms with Crippen molar-refractivity contribution in [3.05, 3.63) is 70.3 Å². The first-order chi connectivity index (χ1) is 11.0. The van der Waals surface area contributed by atoms with Gasteiger partial charge in [0.1, 0.15) is 0 Å². The first kappa shape index (κ1) is 16.7. The fraction of sp³-hybridized carbons (Fsp3) is 0.278. The monoisotopic (exact) mass is 313 g/mol. The van der Waals surface area contributed by atoms with E-state index in [0.29, 0.717) is 0 Å². The van der Waals surface area contributed by atoms with E-state index in [-0.39, 0.29) is 17.8 Å². The Hall–Kier alpha value is -2.69. The van der Waals surface area contributed by atoms with E-state index < -0.39 is 17.9 Å². The smallest absolute Gasteiger partial charge is 0.306 e. The van der Waals surface area contributed by atoms with E-state index in [2.05, 4.69) is 0 Å². The average Bonchev–Trinajstić information content (AvgIpc) is 2.55. The summed E-state index contributed by atoms with van der Waals surface area (Å²) >= 11 is 0. The van der Waals surface area contributed by atoms with Crippen molar-refractivity contribution in [1.82, 2.24) is 0 Å². The number of nitro groups is 1. The minimum absolute atomic E-state index is 0.0305. The molecule has 2 aromatic carbocycles. The maximum atomic E-state index is 11.2. The van der Waals surface area contributed by atoms with Crippen molar-refractivity contribution in [2.45, 2.75) is 25.8 Å². The second kappa shape index (κ2) is 7.54. The highest BCUT2D eigenvalue weighted by Crippen LogP contribution is 2.21.